The van der Waals surface area contributed by atoms with Crippen molar-refractivity contribution in [1.82, 2.24) is 5.43 Å². The van der Waals surface area contributed by atoms with Gasteiger partial charge in [0.2, 0.25) is 0 Å². The fourth-order valence-corrected chi connectivity index (χ4v) is 3.39. The molecule has 0 saturated carbocycles. The van der Waals surface area contributed by atoms with Crippen LogP contribution in [0.5, 0.6) is 11.5 Å². The lowest BCUT2D eigenvalue weighted by Crippen LogP contribution is -2.24. The van der Waals surface area contributed by atoms with E-state index in [4.69, 9.17) is 9.47 Å². The number of aryl methyl sites for hydroxylation is 1. The SMILES string of the molecule is CCCc1ccc(OCC(=O)N/N=C/c2ccc(OCc3ccccc3)cc2)c(Br)c1. The summed E-state index contributed by atoms with van der Waals surface area (Å²) < 4.78 is 12.2. The van der Waals surface area contributed by atoms with E-state index in [1.54, 1.807) is 6.21 Å². The maximum Gasteiger partial charge on any atom is 0.277 e. The Hall–Kier alpha value is -3.12. The van der Waals surface area contributed by atoms with Crippen LogP contribution < -0.4 is 14.9 Å². The van der Waals surface area contributed by atoms with Gasteiger partial charge in [-0.25, -0.2) is 5.43 Å². The molecule has 0 radical (unpaired) electrons. The van der Waals surface area contributed by atoms with Gasteiger partial charge in [-0.2, -0.15) is 5.10 Å². The predicted molar refractivity (Wildman–Crippen MR) is 127 cm³/mol. The number of hydrogen-bond donors (Lipinski definition) is 1. The summed E-state index contributed by atoms with van der Waals surface area (Å²) in [5, 5.41) is 3.98. The van der Waals surface area contributed by atoms with Gasteiger partial charge in [0.1, 0.15) is 18.1 Å². The van der Waals surface area contributed by atoms with Crippen molar-refractivity contribution in [2.24, 2.45) is 5.10 Å². The minimum atomic E-state index is -0.330. The van der Waals surface area contributed by atoms with Gasteiger partial charge in [-0.1, -0.05) is 49.7 Å². The number of amides is 1. The average Bonchev–Trinajstić information content (AvgIpc) is 2.79. The Kier molecular flexibility index (Phi) is 8.67. The molecule has 0 heterocycles. The van der Waals surface area contributed by atoms with Gasteiger partial charge in [-0.3, -0.25) is 4.79 Å². The minimum absolute atomic E-state index is 0.116. The Morgan fingerprint density at radius 3 is 2.48 bits per heavy atom. The Morgan fingerprint density at radius 1 is 1.00 bits per heavy atom. The normalized spacial score (nSPS) is 10.8. The van der Waals surface area contributed by atoms with Gasteiger partial charge < -0.3 is 9.47 Å². The lowest BCUT2D eigenvalue weighted by molar-refractivity contribution is -0.123. The Bertz CT molecular complexity index is 1010. The highest BCUT2D eigenvalue weighted by atomic mass is 79.9. The number of hydrazone groups is 1. The van der Waals surface area contributed by atoms with Gasteiger partial charge in [0.05, 0.1) is 10.7 Å². The standard InChI is InChI=1S/C25H25BrN2O3/c1-2-6-19-11-14-24(23(26)15-19)31-18-25(29)28-27-16-20-9-12-22(13-10-20)30-17-21-7-4-3-5-8-21/h3-5,7-16H,2,6,17-18H2,1H3,(H,28,29)/b27-16+. The van der Waals surface area contributed by atoms with Crippen LogP contribution in [0.3, 0.4) is 0 Å². The molecule has 0 bridgehead atoms. The van der Waals surface area contributed by atoms with Gasteiger partial charge in [-0.15, -0.1) is 0 Å². The maximum atomic E-state index is 12.0. The van der Waals surface area contributed by atoms with Gasteiger partial charge in [0.15, 0.2) is 6.61 Å². The average molecular weight is 481 g/mol. The van der Waals surface area contributed by atoms with Crippen molar-refractivity contribution in [3.05, 3.63) is 94.0 Å². The number of carbonyl (C=O) groups is 1. The van der Waals surface area contributed by atoms with Crippen molar-refractivity contribution in [1.29, 1.82) is 0 Å². The lowest BCUT2D eigenvalue weighted by Gasteiger charge is -2.09. The summed E-state index contributed by atoms with van der Waals surface area (Å²) in [6.07, 6.45) is 3.67. The molecule has 31 heavy (non-hydrogen) atoms. The molecular weight excluding hydrogens is 456 g/mol. The summed E-state index contributed by atoms with van der Waals surface area (Å²) in [5.41, 5.74) is 5.66. The smallest absolute Gasteiger partial charge is 0.277 e. The first kappa shape index (κ1) is 22.6. The highest BCUT2D eigenvalue weighted by Gasteiger charge is 2.06. The van der Waals surface area contributed by atoms with E-state index in [1.807, 2.05) is 72.8 Å². The summed E-state index contributed by atoms with van der Waals surface area (Å²) in [5.74, 6) is 1.07. The predicted octanol–water partition coefficient (Wildman–Crippen LogP) is 5.51. The first-order valence-corrected chi connectivity index (χ1v) is 10.9. The van der Waals surface area contributed by atoms with Crippen LogP contribution in [0.25, 0.3) is 0 Å². The van der Waals surface area contributed by atoms with Crippen LogP contribution >= 0.6 is 15.9 Å². The molecule has 0 aliphatic carbocycles. The molecule has 5 nitrogen and oxygen atoms in total. The molecule has 0 spiro atoms. The quantitative estimate of drug-likeness (QED) is 0.307. The zero-order chi connectivity index (χ0) is 21.9. The molecule has 3 aromatic carbocycles. The fourth-order valence-electron chi connectivity index (χ4n) is 2.85. The third-order valence-corrected chi connectivity index (χ3v) is 5.04. The highest BCUT2D eigenvalue weighted by Crippen LogP contribution is 2.26. The molecule has 0 fully saturated rings. The van der Waals surface area contributed by atoms with E-state index in [-0.39, 0.29) is 12.5 Å². The van der Waals surface area contributed by atoms with Crippen LogP contribution in [0, 0.1) is 0 Å². The van der Waals surface area contributed by atoms with Gasteiger partial charge in [0.25, 0.3) is 5.91 Å². The third kappa shape index (κ3) is 7.57. The molecule has 0 saturated heterocycles. The number of carbonyl (C=O) groups excluding carboxylic acids is 1. The van der Waals surface area contributed by atoms with Gasteiger partial charge in [0, 0.05) is 0 Å². The molecule has 3 rings (SSSR count). The molecule has 3 aromatic rings. The summed E-state index contributed by atoms with van der Waals surface area (Å²) in [6.45, 7) is 2.54. The molecule has 1 amide bonds. The van der Waals surface area contributed by atoms with Crippen LogP contribution in [-0.4, -0.2) is 18.7 Å². The number of rotatable bonds is 10. The molecule has 1 N–H and O–H groups in total. The Balaban J connectivity index is 1.42. The van der Waals surface area contributed by atoms with Crippen LogP contribution in [0.2, 0.25) is 0 Å². The number of nitrogens with one attached hydrogen (secondary N) is 1. The van der Waals surface area contributed by atoms with Crippen LogP contribution in [0.1, 0.15) is 30.0 Å². The number of benzene rings is 3. The number of hydrogen-bond acceptors (Lipinski definition) is 4. The van der Waals surface area contributed by atoms with Crippen molar-refractivity contribution >= 4 is 28.1 Å². The zero-order valence-electron chi connectivity index (χ0n) is 17.4. The van der Waals surface area contributed by atoms with E-state index in [0.29, 0.717) is 12.4 Å². The molecule has 0 unspecified atom stereocenters. The molecule has 0 atom stereocenters. The summed E-state index contributed by atoms with van der Waals surface area (Å²) >= 11 is 3.48. The fraction of sp³-hybridized carbons (Fsp3) is 0.200. The lowest BCUT2D eigenvalue weighted by atomic mass is 10.1. The molecule has 6 heteroatoms. The summed E-state index contributed by atoms with van der Waals surface area (Å²) in [7, 11) is 0. The molecular formula is C25H25BrN2O3. The summed E-state index contributed by atoms with van der Waals surface area (Å²) in [4.78, 5) is 12.0. The zero-order valence-corrected chi connectivity index (χ0v) is 19.0. The van der Waals surface area contributed by atoms with E-state index in [1.165, 1.54) is 5.56 Å². The van der Waals surface area contributed by atoms with E-state index < -0.39 is 0 Å². The molecule has 160 valence electrons. The topological polar surface area (TPSA) is 59.9 Å². The second-order valence-electron chi connectivity index (χ2n) is 6.94. The van der Waals surface area contributed by atoms with Crippen LogP contribution in [0.4, 0.5) is 0 Å². The molecule has 0 aliphatic heterocycles. The highest BCUT2D eigenvalue weighted by molar-refractivity contribution is 9.10. The number of ether oxygens (including phenoxy) is 2. The van der Waals surface area contributed by atoms with Crippen LogP contribution in [-0.2, 0) is 17.8 Å². The second kappa shape index (κ2) is 11.9. The molecule has 0 aromatic heterocycles. The van der Waals surface area contributed by atoms with Crippen molar-refractivity contribution in [3.8, 4) is 11.5 Å². The van der Waals surface area contributed by atoms with Gasteiger partial charge in [-0.05, 0) is 75.4 Å². The molecule has 0 aliphatic rings. The first-order chi connectivity index (χ1) is 15.1. The minimum Gasteiger partial charge on any atom is -0.489 e. The monoisotopic (exact) mass is 480 g/mol. The largest absolute Gasteiger partial charge is 0.489 e. The summed E-state index contributed by atoms with van der Waals surface area (Å²) in [6, 6.07) is 23.4. The Morgan fingerprint density at radius 2 is 1.77 bits per heavy atom. The number of halogens is 1. The van der Waals surface area contributed by atoms with Gasteiger partial charge >= 0.3 is 0 Å². The van der Waals surface area contributed by atoms with Crippen molar-refractivity contribution in [2.75, 3.05) is 6.61 Å². The van der Waals surface area contributed by atoms with Crippen molar-refractivity contribution in [3.63, 3.8) is 0 Å². The van der Waals surface area contributed by atoms with E-state index in [9.17, 15) is 4.79 Å². The third-order valence-electron chi connectivity index (χ3n) is 4.43. The van der Waals surface area contributed by atoms with E-state index in [2.05, 4.69) is 33.4 Å². The Labute approximate surface area is 191 Å². The van der Waals surface area contributed by atoms with Crippen molar-refractivity contribution < 1.29 is 14.3 Å². The van der Waals surface area contributed by atoms with E-state index >= 15 is 0 Å². The maximum absolute atomic E-state index is 12.0. The van der Waals surface area contributed by atoms with Crippen molar-refractivity contribution in [2.45, 2.75) is 26.4 Å². The van der Waals surface area contributed by atoms with E-state index in [0.717, 1.165) is 34.2 Å². The first-order valence-electron chi connectivity index (χ1n) is 10.1. The second-order valence-corrected chi connectivity index (χ2v) is 7.79. The number of nitrogens with zero attached hydrogens (tertiary/aromatic N) is 1. The van der Waals surface area contributed by atoms with Crippen LogP contribution in [0.15, 0.2) is 82.4 Å².